The summed E-state index contributed by atoms with van der Waals surface area (Å²) < 4.78 is 3.40. The van der Waals surface area contributed by atoms with Gasteiger partial charge in [-0.15, -0.1) is 0 Å². The lowest BCUT2D eigenvalue weighted by Crippen LogP contribution is -2.47. The maximum absolute atomic E-state index is 3.53. The number of halogens is 1. The van der Waals surface area contributed by atoms with Crippen LogP contribution < -0.4 is 0 Å². The molecule has 0 fully saturated rings. The molecule has 0 aliphatic heterocycles. The first-order valence-corrected chi connectivity index (χ1v) is 9.10. The van der Waals surface area contributed by atoms with E-state index < -0.39 is 0 Å². The van der Waals surface area contributed by atoms with E-state index in [1.807, 2.05) is 0 Å². The van der Waals surface area contributed by atoms with E-state index in [-0.39, 0.29) is 0 Å². The van der Waals surface area contributed by atoms with Gasteiger partial charge in [0.2, 0.25) is 0 Å². The number of alkyl halides is 1. The summed E-state index contributed by atoms with van der Waals surface area (Å²) in [5.74, 6) is 0. The number of rotatable bonds is 11. The lowest BCUT2D eigenvalue weighted by atomic mass is 10.2. The first kappa shape index (κ1) is 20.4. The molecule has 0 radical (unpaired) electrons. The Morgan fingerprint density at radius 2 is 0.900 bits per heavy atom. The fraction of sp³-hybridized carbons (Fsp3) is 1.00. The maximum Gasteiger partial charge on any atom is 0.0836 e. The average molecular weight is 353 g/mol. The van der Waals surface area contributed by atoms with Gasteiger partial charge in [-0.25, -0.2) is 0 Å². The van der Waals surface area contributed by atoms with Crippen LogP contribution in [-0.4, -0.2) is 101 Å². The Labute approximate surface area is 136 Å². The molecule has 3 nitrogen and oxygen atoms in total. The zero-order valence-electron chi connectivity index (χ0n) is 15.1. The second kappa shape index (κ2) is 8.72. The molecule has 0 unspecified atom stereocenters. The molecule has 0 heterocycles. The van der Waals surface area contributed by atoms with E-state index in [0.717, 1.165) is 14.3 Å². The van der Waals surface area contributed by atoms with Crippen LogP contribution in [0.2, 0.25) is 0 Å². The SMILES string of the molecule is C[N+](C)(C)CCC[N+](C)(C)CCC[N+](C)(C)CCCBr. The molecule has 0 aromatic rings. The molecule has 0 rings (SSSR count). The molecule has 0 N–H and O–H groups in total. The molecule has 0 saturated carbocycles. The first-order chi connectivity index (χ1) is 8.97. The summed E-state index contributed by atoms with van der Waals surface area (Å²) in [4.78, 5) is 0. The van der Waals surface area contributed by atoms with Gasteiger partial charge in [0.05, 0.1) is 82.1 Å². The van der Waals surface area contributed by atoms with Crippen LogP contribution >= 0.6 is 15.9 Å². The second-order valence-corrected chi connectivity index (χ2v) is 9.32. The Morgan fingerprint density at radius 1 is 0.550 bits per heavy atom. The molecule has 0 aliphatic carbocycles. The van der Waals surface area contributed by atoms with Crippen LogP contribution in [0.5, 0.6) is 0 Å². The number of hydrogen-bond acceptors (Lipinski definition) is 0. The van der Waals surface area contributed by atoms with Crippen molar-refractivity contribution in [1.82, 2.24) is 0 Å². The van der Waals surface area contributed by atoms with Gasteiger partial charge in [0.25, 0.3) is 0 Å². The van der Waals surface area contributed by atoms with E-state index in [1.54, 1.807) is 0 Å². The fourth-order valence-corrected chi connectivity index (χ4v) is 2.86. The Hall–Kier alpha value is 0.360. The van der Waals surface area contributed by atoms with Gasteiger partial charge >= 0.3 is 0 Å². The lowest BCUT2D eigenvalue weighted by molar-refractivity contribution is -0.914. The molecule has 20 heavy (non-hydrogen) atoms. The van der Waals surface area contributed by atoms with Crippen molar-refractivity contribution in [2.75, 3.05) is 87.4 Å². The van der Waals surface area contributed by atoms with Gasteiger partial charge in [-0.05, 0) is 0 Å². The minimum Gasteiger partial charge on any atom is -0.331 e. The van der Waals surface area contributed by atoms with Crippen LogP contribution in [-0.2, 0) is 0 Å². The Morgan fingerprint density at radius 3 is 1.25 bits per heavy atom. The monoisotopic (exact) mass is 352 g/mol. The van der Waals surface area contributed by atoms with Crippen molar-refractivity contribution in [3.8, 4) is 0 Å². The highest BCUT2D eigenvalue weighted by Crippen LogP contribution is 2.08. The molecule has 0 saturated heterocycles. The maximum atomic E-state index is 3.53. The van der Waals surface area contributed by atoms with E-state index >= 15 is 0 Å². The van der Waals surface area contributed by atoms with Crippen molar-refractivity contribution >= 4 is 15.9 Å². The van der Waals surface area contributed by atoms with Gasteiger partial charge in [0.15, 0.2) is 0 Å². The first-order valence-electron chi connectivity index (χ1n) is 7.98. The minimum absolute atomic E-state index is 1.08. The van der Waals surface area contributed by atoms with Crippen molar-refractivity contribution in [2.45, 2.75) is 19.3 Å². The van der Waals surface area contributed by atoms with Crippen molar-refractivity contribution in [3.05, 3.63) is 0 Å². The summed E-state index contributed by atoms with van der Waals surface area (Å²) in [6, 6.07) is 0. The minimum atomic E-state index is 1.08. The topological polar surface area (TPSA) is 0 Å². The third-order valence-corrected chi connectivity index (χ3v) is 4.58. The summed E-state index contributed by atoms with van der Waals surface area (Å²) in [7, 11) is 16.3. The summed E-state index contributed by atoms with van der Waals surface area (Å²) >= 11 is 3.53. The normalized spacial score (nSPS) is 13.8. The Bertz CT molecular complexity index is 257. The summed E-state index contributed by atoms with van der Waals surface area (Å²) in [5, 5.41) is 1.13. The number of nitrogens with zero attached hydrogens (tertiary/aromatic N) is 3. The van der Waals surface area contributed by atoms with Gasteiger partial charge in [0.1, 0.15) is 0 Å². The molecular formula is C16H39BrN3+3. The highest BCUT2D eigenvalue weighted by molar-refractivity contribution is 9.09. The smallest absolute Gasteiger partial charge is 0.0836 e. The molecule has 122 valence electrons. The highest BCUT2D eigenvalue weighted by atomic mass is 79.9. The highest BCUT2D eigenvalue weighted by Gasteiger charge is 2.20. The van der Waals surface area contributed by atoms with Crippen LogP contribution in [0.1, 0.15) is 19.3 Å². The molecule has 0 aromatic heterocycles. The van der Waals surface area contributed by atoms with Gasteiger partial charge in [-0.3, -0.25) is 0 Å². The van der Waals surface area contributed by atoms with Crippen molar-refractivity contribution in [2.24, 2.45) is 0 Å². The lowest BCUT2D eigenvalue weighted by Gasteiger charge is -2.34. The molecule has 0 atom stereocenters. The molecule has 4 heteroatoms. The van der Waals surface area contributed by atoms with E-state index in [4.69, 9.17) is 0 Å². The molecule has 0 aromatic carbocycles. The molecule has 0 bridgehead atoms. The van der Waals surface area contributed by atoms with E-state index in [2.05, 4.69) is 65.3 Å². The zero-order valence-corrected chi connectivity index (χ0v) is 16.7. The van der Waals surface area contributed by atoms with Crippen molar-refractivity contribution in [1.29, 1.82) is 0 Å². The van der Waals surface area contributed by atoms with Crippen molar-refractivity contribution < 1.29 is 13.4 Å². The quantitative estimate of drug-likeness (QED) is 0.395. The summed E-state index contributed by atoms with van der Waals surface area (Å²) in [5.41, 5.74) is 0. The zero-order chi connectivity index (χ0) is 15.9. The van der Waals surface area contributed by atoms with Gasteiger partial charge in [0, 0.05) is 24.6 Å². The summed E-state index contributed by atoms with van der Waals surface area (Å²) in [6.07, 6.45) is 3.92. The Balaban J connectivity index is 3.92. The van der Waals surface area contributed by atoms with E-state index in [1.165, 1.54) is 56.5 Å². The van der Waals surface area contributed by atoms with E-state index in [0.29, 0.717) is 0 Å². The second-order valence-electron chi connectivity index (χ2n) is 8.53. The van der Waals surface area contributed by atoms with Gasteiger partial charge < -0.3 is 13.4 Å². The van der Waals surface area contributed by atoms with Crippen molar-refractivity contribution in [3.63, 3.8) is 0 Å². The van der Waals surface area contributed by atoms with Crippen LogP contribution in [0, 0.1) is 0 Å². The summed E-state index contributed by atoms with van der Waals surface area (Å²) in [6.45, 7) is 6.44. The standard InChI is InChI=1S/C16H39BrN3/c1-18(2,3)12-9-14-20(6,7)16-10-15-19(4,5)13-8-11-17/h8-16H2,1-7H3/q+3. The molecular weight excluding hydrogens is 314 g/mol. The van der Waals surface area contributed by atoms with Crippen LogP contribution in [0.15, 0.2) is 0 Å². The van der Waals surface area contributed by atoms with Gasteiger partial charge in [-0.2, -0.15) is 0 Å². The molecule has 0 aliphatic rings. The van der Waals surface area contributed by atoms with Crippen LogP contribution in [0.4, 0.5) is 0 Å². The number of hydrogen-bond donors (Lipinski definition) is 0. The third kappa shape index (κ3) is 12.1. The third-order valence-electron chi connectivity index (χ3n) is 4.02. The largest absolute Gasteiger partial charge is 0.331 e. The van der Waals surface area contributed by atoms with Crippen LogP contribution in [0.3, 0.4) is 0 Å². The predicted molar refractivity (Wildman–Crippen MR) is 94.2 cm³/mol. The Kier molecular flexibility index (Phi) is 8.87. The fourth-order valence-electron chi connectivity index (χ4n) is 2.61. The molecule has 0 amide bonds. The predicted octanol–water partition coefficient (Wildman–Crippen LogP) is 2.41. The van der Waals surface area contributed by atoms with E-state index in [9.17, 15) is 0 Å². The van der Waals surface area contributed by atoms with Gasteiger partial charge in [-0.1, -0.05) is 15.9 Å². The molecule has 0 spiro atoms. The number of quaternary nitrogens is 3. The van der Waals surface area contributed by atoms with Crippen LogP contribution in [0.25, 0.3) is 0 Å². The average Bonchev–Trinajstić information content (AvgIpc) is 2.23.